The number of carbonyl (C=O) groups excluding carboxylic acids is 2. The first-order valence-electron chi connectivity index (χ1n) is 15.5. The number of carbonyl (C=O) groups is 2. The van der Waals surface area contributed by atoms with Crippen molar-refractivity contribution in [3.8, 4) is 11.3 Å². The first-order valence-corrected chi connectivity index (χ1v) is 15.5. The zero-order valence-electron chi connectivity index (χ0n) is 24.9. The van der Waals surface area contributed by atoms with Gasteiger partial charge in [-0.1, -0.05) is 24.3 Å². The minimum Gasteiger partial charge on any atom is -0.383 e. The van der Waals surface area contributed by atoms with Crippen LogP contribution in [-0.4, -0.2) is 61.6 Å². The molecule has 2 fully saturated rings. The summed E-state index contributed by atoms with van der Waals surface area (Å²) < 4.78 is 41.4. The number of fused-ring (bicyclic) bond motifs is 4. The van der Waals surface area contributed by atoms with E-state index in [2.05, 4.69) is 31.6 Å². The number of alkyl halides is 3. The van der Waals surface area contributed by atoms with Crippen molar-refractivity contribution in [2.75, 3.05) is 24.1 Å². The van der Waals surface area contributed by atoms with Gasteiger partial charge in [0.05, 0.1) is 28.6 Å². The maximum Gasteiger partial charge on any atom is 0.416 e. The zero-order chi connectivity index (χ0) is 32.0. The Labute approximate surface area is 262 Å². The Bertz CT molecular complexity index is 1840. The summed E-state index contributed by atoms with van der Waals surface area (Å²) in [5.41, 5.74) is 8.93. The van der Waals surface area contributed by atoms with Crippen LogP contribution in [0.1, 0.15) is 66.1 Å². The van der Waals surface area contributed by atoms with E-state index in [9.17, 15) is 22.8 Å². The highest BCUT2D eigenvalue weighted by molar-refractivity contribution is 6.06. The molecule has 0 radical (unpaired) electrons. The van der Waals surface area contributed by atoms with E-state index in [0.717, 1.165) is 81.0 Å². The molecular weight excluding hydrogens is 597 g/mol. The van der Waals surface area contributed by atoms with Gasteiger partial charge in [0.2, 0.25) is 5.91 Å². The van der Waals surface area contributed by atoms with Gasteiger partial charge in [0.15, 0.2) is 0 Å². The lowest BCUT2D eigenvalue weighted by molar-refractivity contribution is -0.137. The fourth-order valence-electron chi connectivity index (χ4n) is 6.72. The minimum absolute atomic E-state index is 0.0229. The maximum atomic E-state index is 13.1. The summed E-state index contributed by atoms with van der Waals surface area (Å²) in [5.74, 6) is -0.364. The Hall–Kier alpha value is -4.78. The summed E-state index contributed by atoms with van der Waals surface area (Å²) >= 11 is 0. The standard InChI is InChI=1S/C33H33F3N8O2/c34-33(35,36)22-11-13-38-26(16-22)41-31(45)20-9-7-19(8-10-20)28-27-29-21(18-39-30(27)37)4-1-2-14-43-15-12-25(43)32(46)40-23-5-3-6-24(17-23)44(29)42-28/h1,4,7-11,13,16,18,23-25H,2-3,5-6,12,14-15,17H2,(H2,37,39)(H,40,46)(H,38,41,45)/b4-1+/t23-,24-,25?/m1/s1. The second kappa shape index (κ2) is 11.9. The predicted molar refractivity (Wildman–Crippen MR) is 168 cm³/mol. The van der Waals surface area contributed by atoms with Crippen molar-refractivity contribution < 1.29 is 22.8 Å². The van der Waals surface area contributed by atoms with Crippen molar-refractivity contribution >= 4 is 40.4 Å². The van der Waals surface area contributed by atoms with Crippen LogP contribution in [0.3, 0.4) is 0 Å². The number of nitrogens with zero attached hydrogens (tertiary/aromatic N) is 5. The van der Waals surface area contributed by atoms with Crippen LogP contribution in [0.4, 0.5) is 24.8 Å². The highest BCUT2D eigenvalue weighted by Gasteiger charge is 2.36. The third kappa shape index (κ3) is 5.70. The van der Waals surface area contributed by atoms with E-state index in [1.165, 1.54) is 0 Å². The Kier molecular flexibility index (Phi) is 7.71. The number of aromatic nitrogens is 4. The molecule has 3 aliphatic rings. The third-order valence-corrected chi connectivity index (χ3v) is 9.18. The number of pyridine rings is 2. The molecule has 3 atom stereocenters. The van der Waals surface area contributed by atoms with E-state index in [4.69, 9.17) is 10.8 Å². The minimum atomic E-state index is -4.55. The van der Waals surface area contributed by atoms with E-state index in [1.54, 1.807) is 30.5 Å². The maximum absolute atomic E-state index is 13.1. The predicted octanol–water partition coefficient (Wildman–Crippen LogP) is 5.44. The molecule has 46 heavy (non-hydrogen) atoms. The van der Waals surface area contributed by atoms with Crippen LogP contribution in [0, 0.1) is 0 Å². The first kappa shape index (κ1) is 29.9. The number of benzene rings is 1. The van der Waals surface area contributed by atoms with Crippen molar-refractivity contribution in [2.45, 2.75) is 62.8 Å². The smallest absolute Gasteiger partial charge is 0.383 e. The van der Waals surface area contributed by atoms with Crippen molar-refractivity contribution in [3.05, 3.63) is 71.6 Å². The largest absolute Gasteiger partial charge is 0.416 e. The molecule has 2 aliphatic heterocycles. The molecule has 1 saturated heterocycles. The number of nitrogen functional groups attached to an aromatic ring is 1. The molecule has 5 heterocycles. The number of rotatable bonds is 3. The fraction of sp³-hybridized carbons (Fsp3) is 0.364. The van der Waals surface area contributed by atoms with Gasteiger partial charge in [0.25, 0.3) is 5.91 Å². The van der Waals surface area contributed by atoms with Crippen LogP contribution >= 0.6 is 0 Å². The zero-order valence-corrected chi connectivity index (χ0v) is 24.9. The molecule has 2 amide bonds. The van der Waals surface area contributed by atoms with Crippen LogP contribution in [0.2, 0.25) is 0 Å². The summed E-state index contributed by atoms with van der Waals surface area (Å²) in [6.07, 6.45) is 7.51. The van der Waals surface area contributed by atoms with Crippen molar-refractivity contribution in [3.63, 3.8) is 0 Å². The second-order valence-electron chi connectivity index (χ2n) is 12.1. The van der Waals surface area contributed by atoms with Crippen LogP contribution in [-0.2, 0) is 11.0 Å². The Balaban J connectivity index is 1.23. The molecule has 7 rings (SSSR count). The van der Waals surface area contributed by atoms with Gasteiger partial charge < -0.3 is 16.4 Å². The van der Waals surface area contributed by atoms with Crippen molar-refractivity contribution in [1.82, 2.24) is 30.0 Å². The lowest BCUT2D eigenvalue weighted by Gasteiger charge is -2.41. The molecule has 1 saturated carbocycles. The lowest BCUT2D eigenvalue weighted by Crippen LogP contribution is -2.58. The summed E-state index contributed by atoms with van der Waals surface area (Å²) in [5, 5.41) is 11.5. The van der Waals surface area contributed by atoms with Crippen molar-refractivity contribution in [2.24, 2.45) is 0 Å². The van der Waals surface area contributed by atoms with Crippen LogP contribution in [0.5, 0.6) is 0 Å². The van der Waals surface area contributed by atoms with E-state index in [-0.39, 0.29) is 35.4 Å². The summed E-state index contributed by atoms with van der Waals surface area (Å²) in [7, 11) is 0. The van der Waals surface area contributed by atoms with E-state index in [0.29, 0.717) is 22.5 Å². The molecule has 13 heteroatoms. The van der Waals surface area contributed by atoms with E-state index >= 15 is 0 Å². The van der Waals surface area contributed by atoms with E-state index < -0.39 is 17.6 Å². The normalized spacial score (nSPS) is 22.7. The third-order valence-electron chi connectivity index (χ3n) is 9.18. The Morgan fingerprint density at radius 1 is 1.07 bits per heavy atom. The topological polar surface area (TPSA) is 131 Å². The van der Waals surface area contributed by atoms with Crippen molar-refractivity contribution in [1.29, 1.82) is 0 Å². The van der Waals surface area contributed by atoms with Gasteiger partial charge >= 0.3 is 6.18 Å². The fourth-order valence-corrected chi connectivity index (χ4v) is 6.72. The number of amides is 2. The highest BCUT2D eigenvalue weighted by atomic mass is 19.4. The van der Waals surface area contributed by atoms with Crippen LogP contribution in [0.15, 0.2) is 54.9 Å². The lowest BCUT2D eigenvalue weighted by atomic mass is 9.90. The SMILES string of the molecule is Nc1ncc2c3c1c(-c1ccc(C(=O)Nc4cc(C(F)(F)F)ccn4)cc1)nn3[C@@H]1CCC[C@H](C1)NC(=O)C1CCN1CC/C=C/2. The molecular formula is C33H33F3N8O2. The van der Waals surface area contributed by atoms with Gasteiger partial charge in [-0.15, -0.1) is 0 Å². The number of hydrogen-bond acceptors (Lipinski definition) is 7. The molecule has 4 aromatic rings. The number of hydrogen-bond donors (Lipinski definition) is 3. The quantitative estimate of drug-likeness (QED) is 0.275. The van der Waals surface area contributed by atoms with Gasteiger partial charge in [0, 0.05) is 48.2 Å². The average molecular weight is 631 g/mol. The number of anilines is 2. The van der Waals surface area contributed by atoms with Gasteiger partial charge in [-0.3, -0.25) is 19.2 Å². The van der Waals surface area contributed by atoms with Gasteiger partial charge in [-0.2, -0.15) is 18.3 Å². The molecule has 10 nitrogen and oxygen atoms in total. The average Bonchev–Trinajstić information content (AvgIpc) is 3.43. The first-order chi connectivity index (χ1) is 22.2. The van der Waals surface area contributed by atoms with E-state index in [1.807, 2.05) is 10.8 Å². The molecule has 3 aromatic heterocycles. The summed E-state index contributed by atoms with van der Waals surface area (Å²) in [6.45, 7) is 1.72. The number of nitrogens with two attached hydrogens (primary N) is 1. The summed E-state index contributed by atoms with van der Waals surface area (Å²) in [6, 6.07) is 8.27. The van der Waals surface area contributed by atoms with Crippen LogP contribution < -0.4 is 16.4 Å². The molecule has 4 N–H and O–H groups in total. The molecule has 238 valence electrons. The molecule has 1 aromatic carbocycles. The van der Waals surface area contributed by atoms with Crippen LogP contribution in [0.25, 0.3) is 28.2 Å². The second-order valence-corrected chi connectivity index (χ2v) is 12.1. The van der Waals surface area contributed by atoms with Gasteiger partial charge in [0.1, 0.15) is 17.3 Å². The molecule has 0 spiro atoms. The highest BCUT2D eigenvalue weighted by Crippen LogP contribution is 2.39. The van der Waals surface area contributed by atoms with Gasteiger partial charge in [-0.05, 0) is 62.8 Å². The monoisotopic (exact) mass is 630 g/mol. The molecule has 1 aliphatic carbocycles. The Morgan fingerprint density at radius 3 is 2.65 bits per heavy atom. The number of halogens is 3. The molecule has 2 bridgehead atoms. The van der Waals surface area contributed by atoms with Gasteiger partial charge in [-0.25, -0.2) is 9.97 Å². The Morgan fingerprint density at radius 2 is 1.89 bits per heavy atom. The summed E-state index contributed by atoms with van der Waals surface area (Å²) in [4.78, 5) is 36.6. The molecule has 1 unspecified atom stereocenters. The number of nitrogens with one attached hydrogen (secondary N) is 2.